The number of piperidine rings is 1. The number of hydrogen-bond acceptors (Lipinski definition) is 4. The molecule has 1 unspecified atom stereocenters. The fraction of sp³-hybridized carbons (Fsp3) is 0.500. The van der Waals surface area contributed by atoms with Crippen LogP contribution >= 0.6 is 11.8 Å². The van der Waals surface area contributed by atoms with Crippen molar-refractivity contribution >= 4 is 23.6 Å². The van der Waals surface area contributed by atoms with Gasteiger partial charge in [0.15, 0.2) is 0 Å². The molecule has 1 N–H and O–H groups in total. The normalized spacial score (nSPS) is 19.5. The summed E-state index contributed by atoms with van der Waals surface area (Å²) in [4.78, 5) is 26.2. The summed E-state index contributed by atoms with van der Waals surface area (Å²) in [6.07, 6.45) is 1.40. The summed E-state index contributed by atoms with van der Waals surface area (Å²) in [6.45, 7) is 2.83. The van der Waals surface area contributed by atoms with Crippen molar-refractivity contribution in [2.24, 2.45) is 5.92 Å². The van der Waals surface area contributed by atoms with Gasteiger partial charge in [0.25, 0.3) is 0 Å². The number of methoxy groups -OCH3 is 1. The molecular weight excluding hydrogens is 302 g/mol. The predicted molar refractivity (Wildman–Crippen MR) is 85.3 cm³/mol. The highest BCUT2D eigenvalue weighted by Gasteiger charge is 2.30. The van der Waals surface area contributed by atoms with Crippen LogP contribution in [0.5, 0.6) is 5.75 Å². The van der Waals surface area contributed by atoms with Gasteiger partial charge in [-0.05, 0) is 44.0 Å². The molecule has 6 heteroatoms. The van der Waals surface area contributed by atoms with Gasteiger partial charge in [-0.1, -0.05) is 0 Å². The molecule has 0 saturated carbocycles. The summed E-state index contributed by atoms with van der Waals surface area (Å²) in [7, 11) is 1.61. The lowest BCUT2D eigenvalue weighted by Crippen LogP contribution is -2.45. The van der Waals surface area contributed by atoms with Gasteiger partial charge in [-0.3, -0.25) is 9.59 Å². The monoisotopic (exact) mass is 323 g/mol. The molecule has 1 aliphatic rings. The van der Waals surface area contributed by atoms with Crippen LogP contribution in [0.4, 0.5) is 0 Å². The number of thioether (sulfide) groups is 1. The lowest BCUT2D eigenvalue weighted by Gasteiger charge is -2.32. The zero-order chi connectivity index (χ0) is 16.1. The van der Waals surface area contributed by atoms with Crippen molar-refractivity contribution in [2.45, 2.75) is 29.9 Å². The molecule has 0 spiro atoms. The SMILES string of the molecule is COc1ccc(SC(C)C(=O)N2CCC[C@H](C(=O)O)C2)cc1. The zero-order valence-electron chi connectivity index (χ0n) is 12.8. The molecule has 0 aromatic heterocycles. The minimum atomic E-state index is -0.812. The number of rotatable bonds is 5. The number of likely N-dealkylation sites (tertiary alicyclic amines) is 1. The Bertz CT molecular complexity index is 531. The van der Waals surface area contributed by atoms with Gasteiger partial charge >= 0.3 is 5.97 Å². The van der Waals surface area contributed by atoms with E-state index in [4.69, 9.17) is 9.84 Å². The number of nitrogens with zero attached hydrogens (tertiary/aromatic N) is 1. The molecular formula is C16H21NO4S. The second kappa shape index (κ2) is 7.54. The van der Waals surface area contributed by atoms with Gasteiger partial charge in [-0.15, -0.1) is 11.8 Å². The van der Waals surface area contributed by atoms with Crippen LogP contribution in [-0.2, 0) is 9.59 Å². The highest BCUT2D eigenvalue weighted by Crippen LogP contribution is 2.27. The van der Waals surface area contributed by atoms with E-state index in [1.807, 2.05) is 31.2 Å². The Hall–Kier alpha value is -1.69. The van der Waals surface area contributed by atoms with E-state index in [0.717, 1.165) is 17.1 Å². The van der Waals surface area contributed by atoms with E-state index in [9.17, 15) is 9.59 Å². The number of carboxylic acids is 1. The lowest BCUT2D eigenvalue weighted by molar-refractivity contribution is -0.145. The summed E-state index contributed by atoms with van der Waals surface area (Å²) in [6, 6.07) is 7.56. The van der Waals surface area contributed by atoms with Crippen LogP contribution in [0.15, 0.2) is 29.2 Å². The van der Waals surface area contributed by atoms with E-state index in [1.54, 1.807) is 12.0 Å². The number of carboxylic acid groups (broad SMARTS) is 1. The minimum absolute atomic E-state index is 0.00627. The fourth-order valence-electron chi connectivity index (χ4n) is 2.54. The van der Waals surface area contributed by atoms with Crippen molar-refractivity contribution in [1.82, 2.24) is 4.90 Å². The Morgan fingerprint density at radius 2 is 2.05 bits per heavy atom. The molecule has 1 saturated heterocycles. The predicted octanol–water partition coefficient (Wildman–Crippen LogP) is 2.50. The molecule has 1 fully saturated rings. The number of carbonyl (C=O) groups excluding carboxylic acids is 1. The molecule has 0 bridgehead atoms. The van der Waals surface area contributed by atoms with E-state index < -0.39 is 11.9 Å². The number of aliphatic carboxylic acids is 1. The van der Waals surface area contributed by atoms with Gasteiger partial charge < -0.3 is 14.7 Å². The fourth-order valence-corrected chi connectivity index (χ4v) is 3.50. The zero-order valence-corrected chi connectivity index (χ0v) is 13.6. The molecule has 2 atom stereocenters. The number of amides is 1. The van der Waals surface area contributed by atoms with Crippen molar-refractivity contribution < 1.29 is 19.4 Å². The Kier molecular flexibility index (Phi) is 5.71. The van der Waals surface area contributed by atoms with E-state index >= 15 is 0 Å². The third kappa shape index (κ3) is 4.16. The van der Waals surface area contributed by atoms with Crippen LogP contribution in [0.25, 0.3) is 0 Å². The third-order valence-electron chi connectivity index (χ3n) is 3.80. The second-order valence-corrected chi connectivity index (χ2v) is 6.81. The largest absolute Gasteiger partial charge is 0.497 e. The highest BCUT2D eigenvalue weighted by molar-refractivity contribution is 8.00. The van der Waals surface area contributed by atoms with Crippen molar-refractivity contribution in [2.75, 3.05) is 20.2 Å². The Labute approximate surface area is 134 Å². The molecule has 0 aliphatic carbocycles. The van der Waals surface area contributed by atoms with E-state index in [-0.39, 0.29) is 11.2 Å². The number of benzene rings is 1. The smallest absolute Gasteiger partial charge is 0.308 e. The molecule has 1 aromatic carbocycles. The van der Waals surface area contributed by atoms with Crippen LogP contribution < -0.4 is 4.74 Å². The standard InChI is InChI=1S/C16H21NO4S/c1-11(22-14-7-5-13(21-2)6-8-14)15(18)17-9-3-4-12(10-17)16(19)20/h5-8,11-12H,3-4,9-10H2,1-2H3,(H,19,20)/t11?,12-/m0/s1. The topological polar surface area (TPSA) is 66.8 Å². The molecule has 1 aliphatic heterocycles. The summed E-state index contributed by atoms with van der Waals surface area (Å²) in [5.41, 5.74) is 0. The van der Waals surface area contributed by atoms with E-state index in [1.165, 1.54) is 11.8 Å². The van der Waals surface area contributed by atoms with Crippen LogP contribution in [-0.4, -0.2) is 47.3 Å². The Morgan fingerprint density at radius 3 is 2.64 bits per heavy atom. The molecule has 5 nitrogen and oxygen atoms in total. The number of hydrogen-bond donors (Lipinski definition) is 1. The van der Waals surface area contributed by atoms with Gasteiger partial charge in [-0.25, -0.2) is 0 Å². The summed E-state index contributed by atoms with van der Waals surface area (Å²) in [5, 5.41) is 8.87. The van der Waals surface area contributed by atoms with Gasteiger partial charge in [0.1, 0.15) is 5.75 Å². The molecule has 1 amide bonds. The number of carbonyl (C=O) groups is 2. The first-order chi connectivity index (χ1) is 10.5. The first kappa shape index (κ1) is 16.7. The maximum atomic E-state index is 12.5. The minimum Gasteiger partial charge on any atom is -0.497 e. The summed E-state index contributed by atoms with van der Waals surface area (Å²) >= 11 is 1.48. The molecule has 120 valence electrons. The highest BCUT2D eigenvalue weighted by atomic mass is 32.2. The van der Waals surface area contributed by atoms with Crippen LogP contribution in [0.3, 0.4) is 0 Å². The Balaban J connectivity index is 1.94. The summed E-state index contributed by atoms with van der Waals surface area (Å²) < 4.78 is 5.11. The van der Waals surface area contributed by atoms with Crippen molar-refractivity contribution in [1.29, 1.82) is 0 Å². The average Bonchev–Trinajstić information content (AvgIpc) is 2.54. The van der Waals surface area contributed by atoms with Gasteiger partial charge in [0.2, 0.25) is 5.91 Å². The second-order valence-electron chi connectivity index (χ2n) is 5.40. The molecule has 22 heavy (non-hydrogen) atoms. The molecule has 2 rings (SSSR count). The maximum Gasteiger partial charge on any atom is 0.308 e. The molecule has 0 radical (unpaired) electrons. The van der Waals surface area contributed by atoms with Gasteiger partial charge in [0.05, 0.1) is 18.3 Å². The first-order valence-electron chi connectivity index (χ1n) is 7.33. The van der Waals surface area contributed by atoms with Crippen molar-refractivity contribution in [3.05, 3.63) is 24.3 Å². The van der Waals surface area contributed by atoms with Crippen LogP contribution in [0.2, 0.25) is 0 Å². The average molecular weight is 323 g/mol. The summed E-state index contributed by atoms with van der Waals surface area (Å²) in [5.74, 6) is -0.459. The van der Waals surface area contributed by atoms with Crippen molar-refractivity contribution in [3.63, 3.8) is 0 Å². The lowest BCUT2D eigenvalue weighted by atomic mass is 9.98. The Morgan fingerprint density at radius 1 is 1.36 bits per heavy atom. The first-order valence-corrected chi connectivity index (χ1v) is 8.21. The van der Waals surface area contributed by atoms with Gasteiger partial charge in [-0.2, -0.15) is 0 Å². The van der Waals surface area contributed by atoms with Crippen LogP contribution in [0, 0.1) is 5.92 Å². The quantitative estimate of drug-likeness (QED) is 0.843. The third-order valence-corrected chi connectivity index (χ3v) is 4.90. The molecule has 1 heterocycles. The van der Waals surface area contributed by atoms with Crippen molar-refractivity contribution in [3.8, 4) is 5.75 Å². The van der Waals surface area contributed by atoms with Crippen LogP contribution in [0.1, 0.15) is 19.8 Å². The maximum absolute atomic E-state index is 12.5. The van der Waals surface area contributed by atoms with Gasteiger partial charge in [0, 0.05) is 18.0 Å². The molecule has 1 aromatic rings. The van der Waals surface area contributed by atoms with E-state index in [2.05, 4.69) is 0 Å². The number of ether oxygens (including phenoxy) is 1. The van der Waals surface area contributed by atoms with E-state index in [0.29, 0.717) is 19.5 Å².